The van der Waals surface area contributed by atoms with E-state index in [0.29, 0.717) is 11.1 Å². The lowest BCUT2D eigenvalue weighted by Crippen LogP contribution is -2.36. The Bertz CT molecular complexity index is 972. The van der Waals surface area contributed by atoms with E-state index in [-0.39, 0.29) is 48.5 Å². The van der Waals surface area contributed by atoms with Gasteiger partial charge < -0.3 is 15.7 Å². The molecule has 0 saturated carbocycles. The number of amides is 2. The summed E-state index contributed by atoms with van der Waals surface area (Å²) in [6, 6.07) is 10.9. The highest BCUT2D eigenvalue weighted by atomic mass is 32.2. The monoisotopic (exact) mass is 419 g/mol. The standard InChI is InChI=1S/C20H25N3O5S/c1-14-3-8-18(15(2)13-14)29(27,28)23-10-9-19(25)21-11-12-22-20(26)16-4-6-17(24)7-5-16/h3-8,13,23-24H,9-12H2,1-2H3,(H,21,25)(H,22,26). The van der Waals surface area contributed by atoms with Gasteiger partial charge in [0.25, 0.3) is 5.91 Å². The highest BCUT2D eigenvalue weighted by Crippen LogP contribution is 2.16. The number of phenols is 1. The van der Waals surface area contributed by atoms with Crippen molar-refractivity contribution in [2.45, 2.75) is 25.2 Å². The second-order valence-electron chi connectivity index (χ2n) is 6.57. The molecule has 0 heterocycles. The molecule has 2 aromatic carbocycles. The van der Waals surface area contributed by atoms with Crippen molar-refractivity contribution in [1.82, 2.24) is 15.4 Å². The van der Waals surface area contributed by atoms with Gasteiger partial charge in [-0.25, -0.2) is 13.1 Å². The largest absolute Gasteiger partial charge is 0.508 e. The molecule has 0 bridgehead atoms. The zero-order valence-corrected chi connectivity index (χ0v) is 17.2. The van der Waals surface area contributed by atoms with E-state index in [2.05, 4.69) is 15.4 Å². The van der Waals surface area contributed by atoms with Gasteiger partial charge in [0.05, 0.1) is 4.90 Å². The van der Waals surface area contributed by atoms with Crippen LogP contribution in [-0.4, -0.2) is 45.0 Å². The van der Waals surface area contributed by atoms with Crippen LogP contribution < -0.4 is 15.4 Å². The summed E-state index contributed by atoms with van der Waals surface area (Å²) in [6.45, 7) is 4.02. The molecule has 0 aromatic heterocycles. The van der Waals surface area contributed by atoms with E-state index < -0.39 is 10.0 Å². The van der Waals surface area contributed by atoms with E-state index >= 15 is 0 Å². The summed E-state index contributed by atoms with van der Waals surface area (Å²) in [5.74, 6) is -0.574. The highest BCUT2D eigenvalue weighted by Gasteiger charge is 2.16. The third-order valence-electron chi connectivity index (χ3n) is 4.13. The van der Waals surface area contributed by atoms with Gasteiger partial charge in [0.15, 0.2) is 0 Å². The van der Waals surface area contributed by atoms with Gasteiger partial charge in [0, 0.05) is 31.6 Å². The third kappa shape index (κ3) is 6.88. The van der Waals surface area contributed by atoms with Crippen molar-refractivity contribution in [2.24, 2.45) is 0 Å². The topological polar surface area (TPSA) is 125 Å². The van der Waals surface area contributed by atoms with E-state index in [4.69, 9.17) is 0 Å². The molecule has 0 aliphatic rings. The first kappa shape index (κ1) is 22.4. The van der Waals surface area contributed by atoms with Gasteiger partial charge in [0.1, 0.15) is 5.75 Å². The van der Waals surface area contributed by atoms with Crippen LogP contribution in [0.1, 0.15) is 27.9 Å². The van der Waals surface area contributed by atoms with Crippen molar-refractivity contribution in [3.63, 3.8) is 0 Å². The zero-order chi connectivity index (χ0) is 21.4. The predicted octanol–water partition coefficient (Wildman–Crippen LogP) is 1.22. The number of benzene rings is 2. The van der Waals surface area contributed by atoms with Gasteiger partial charge >= 0.3 is 0 Å². The van der Waals surface area contributed by atoms with Crippen LogP contribution in [0.25, 0.3) is 0 Å². The average molecular weight is 420 g/mol. The number of carbonyl (C=O) groups excluding carboxylic acids is 2. The minimum Gasteiger partial charge on any atom is -0.508 e. The van der Waals surface area contributed by atoms with E-state index in [1.165, 1.54) is 24.3 Å². The summed E-state index contributed by atoms with van der Waals surface area (Å²) in [5, 5.41) is 14.5. The van der Waals surface area contributed by atoms with Crippen molar-refractivity contribution >= 4 is 21.8 Å². The molecule has 0 fully saturated rings. The number of phenolic OH excluding ortho intramolecular Hbond substituents is 1. The van der Waals surface area contributed by atoms with Gasteiger partial charge in [0.2, 0.25) is 15.9 Å². The smallest absolute Gasteiger partial charge is 0.251 e. The number of carbonyl (C=O) groups is 2. The fourth-order valence-corrected chi connectivity index (χ4v) is 3.92. The summed E-state index contributed by atoms with van der Waals surface area (Å²) in [5.41, 5.74) is 2.01. The molecular weight excluding hydrogens is 394 g/mol. The number of aryl methyl sites for hydroxylation is 2. The minimum atomic E-state index is -3.68. The van der Waals surface area contributed by atoms with E-state index in [1.54, 1.807) is 25.1 Å². The Kier molecular flexibility index (Phi) is 7.74. The maximum atomic E-state index is 12.3. The summed E-state index contributed by atoms with van der Waals surface area (Å²) < 4.78 is 27.1. The first-order valence-electron chi connectivity index (χ1n) is 9.10. The number of hydrogen-bond donors (Lipinski definition) is 4. The normalized spacial score (nSPS) is 11.1. The number of hydrogen-bond acceptors (Lipinski definition) is 5. The Morgan fingerprint density at radius 2 is 1.59 bits per heavy atom. The first-order chi connectivity index (χ1) is 13.7. The Balaban J connectivity index is 1.69. The first-order valence-corrected chi connectivity index (χ1v) is 10.6. The molecule has 0 aliphatic heterocycles. The van der Waals surface area contributed by atoms with Crippen molar-refractivity contribution in [3.05, 3.63) is 59.2 Å². The fraction of sp³-hybridized carbons (Fsp3) is 0.300. The molecule has 2 rings (SSSR count). The highest BCUT2D eigenvalue weighted by molar-refractivity contribution is 7.89. The minimum absolute atomic E-state index is 0.0178. The number of sulfonamides is 1. The molecule has 0 aliphatic carbocycles. The van der Waals surface area contributed by atoms with Crippen molar-refractivity contribution < 1.29 is 23.1 Å². The summed E-state index contributed by atoms with van der Waals surface area (Å²) >= 11 is 0. The zero-order valence-electron chi connectivity index (χ0n) is 16.4. The Hall–Kier alpha value is -2.91. The lowest BCUT2D eigenvalue weighted by atomic mass is 10.2. The van der Waals surface area contributed by atoms with Crippen molar-refractivity contribution in [1.29, 1.82) is 0 Å². The van der Waals surface area contributed by atoms with Crippen LogP contribution in [-0.2, 0) is 14.8 Å². The molecule has 0 radical (unpaired) electrons. The molecule has 156 valence electrons. The quantitative estimate of drug-likeness (QED) is 0.455. The second-order valence-corrected chi connectivity index (χ2v) is 8.30. The fourth-order valence-electron chi connectivity index (χ4n) is 2.66. The summed E-state index contributed by atoms with van der Waals surface area (Å²) in [7, 11) is -3.68. The van der Waals surface area contributed by atoms with Crippen molar-refractivity contribution in [3.8, 4) is 5.75 Å². The molecule has 9 heteroatoms. The third-order valence-corrected chi connectivity index (χ3v) is 5.75. The van der Waals surface area contributed by atoms with Crippen LogP contribution >= 0.6 is 0 Å². The average Bonchev–Trinajstić information content (AvgIpc) is 2.65. The van der Waals surface area contributed by atoms with Crippen molar-refractivity contribution in [2.75, 3.05) is 19.6 Å². The molecule has 0 unspecified atom stereocenters. The molecule has 2 amide bonds. The molecule has 0 atom stereocenters. The summed E-state index contributed by atoms with van der Waals surface area (Å²) in [4.78, 5) is 23.9. The molecule has 0 spiro atoms. The molecule has 0 saturated heterocycles. The van der Waals surface area contributed by atoms with Gasteiger partial charge in [-0.15, -0.1) is 0 Å². The maximum Gasteiger partial charge on any atom is 0.251 e. The molecule has 29 heavy (non-hydrogen) atoms. The molecular formula is C20H25N3O5S. The van der Waals surface area contributed by atoms with Crippen LogP contribution in [0.2, 0.25) is 0 Å². The van der Waals surface area contributed by atoms with Crippen LogP contribution in [0.4, 0.5) is 0 Å². The Morgan fingerprint density at radius 3 is 2.24 bits per heavy atom. The van der Waals surface area contributed by atoms with Crippen LogP contribution in [0.3, 0.4) is 0 Å². The van der Waals surface area contributed by atoms with E-state index in [9.17, 15) is 23.1 Å². The summed E-state index contributed by atoms with van der Waals surface area (Å²) in [6.07, 6.45) is -0.0178. The predicted molar refractivity (Wildman–Crippen MR) is 109 cm³/mol. The lowest BCUT2D eigenvalue weighted by molar-refractivity contribution is -0.120. The lowest BCUT2D eigenvalue weighted by Gasteiger charge is -2.10. The Labute approximate surface area is 170 Å². The Morgan fingerprint density at radius 1 is 0.931 bits per heavy atom. The number of nitrogens with one attached hydrogen (secondary N) is 3. The maximum absolute atomic E-state index is 12.3. The van der Waals surface area contributed by atoms with Crippen LogP contribution in [0.15, 0.2) is 47.4 Å². The van der Waals surface area contributed by atoms with Gasteiger partial charge in [-0.3, -0.25) is 9.59 Å². The van der Waals surface area contributed by atoms with Gasteiger partial charge in [-0.2, -0.15) is 0 Å². The van der Waals surface area contributed by atoms with Gasteiger partial charge in [-0.05, 0) is 49.7 Å². The molecule has 8 nitrogen and oxygen atoms in total. The van der Waals surface area contributed by atoms with E-state index in [1.807, 2.05) is 6.92 Å². The van der Waals surface area contributed by atoms with Gasteiger partial charge in [-0.1, -0.05) is 17.7 Å². The van der Waals surface area contributed by atoms with Crippen LogP contribution in [0, 0.1) is 13.8 Å². The SMILES string of the molecule is Cc1ccc(S(=O)(=O)NCCC(=O)NCCNC(=O)c2ccc(O)cc2)c(C)c1. The van der Waals surface area contributed by atoms with Crippen LogP contribution in [0.5, 0.6) is 5.75 Å². The van der Waals surface area contributed by atoms with E-state index in [0.717, 1.165) is 5.56 Å². The molecule has 2 aromatic rings. The number of aromatic hydroxyl groups is 1. The second kappa shape index (κ2) is 10.0. The number of rotatable bonds is 9. The molecule has 4 N–H and O–H groups in total.